The van der Waals surface area contributed by atoms with E-state index >= 15 is 0 Å². The number of ether oxygens (including phenoxy) is 1. The van der Waals surface area contributed by atoms with Gasteiger partial charge in [0, 0.05) is 11.3 Å². The molecule has 0 aromatic heterocycles. The zero-order valence-corrected chi connectivity index (χ0v) is 17.9. The summed E-state index contributed by atoms with van der Waals surface area (Å²) in [5.74, 6) is -1.52. The lowest BCUT2D eigenvalue weighted by molar-refractivity contribution is -0.146. The third-order valence-electron chi connectivity index (χ3n) is 4.80. The van der Waals surface area contributed by atoms with Crippen molar-refractivity contribution in [1.29, 1.82) is 0 Å². The maximum absolute atomic E-state index is 12.3. The minimum atomic E-state index is -0.688. The Hall–Kier alpha value is -3.67. The summed E-state index contributed by atoms with van der Waals surface area (Å²) in [6.45, 7) is 5.58. The van der Waals surface area contributed by atoms with Gasteiger partial charge < -0.3 is 15.4 Å². The highest BCUT2D eigenvalue weighted by Crippen LogP contribution is 2.23. The van der Waals surface area contributed by atoms with Gasteiger partial charge in [-0.25, -0.2) is 0 Å². The molecule has 31 heavy (non-hydrogen) atoms. The molecule has 0 radical (unpaired) electrons. The summed E-state index contributed by atoms with van der Waals surface area (Å²) >= 11 is 0. The predicted molar refractivity (Wildman–Crippen MR) is 121 cm³/mol. The number of hydrogen-bond acceptors (Lipinski definition) is 4. The predicted octanol–water partition coefficient (Wildman–Crippen LogP) is 4.05. The van der Waals surface area contributed by atoms with Gasteiger partial charge in [0.05, 0.1) is 0 Å². The lowest BCUT2D eigenvalue weighted by atomic mass is 9.87. The third kappa shape index (κ3) is 6.15. The van der Waals surface area contributed by atoms with Crippen LogP contribution < -0.4 is 10.6 Å². The Kier molecular flexibility index (Phi) is 6.70. The van der Waals surface area contributed by atoms with Crippen molar-refractivity contribution in [3.05, 3.63) is 77.9 Å². The molecule has 2 N–H and O–H groups in total. The van der Waals surface area contributed by atoms with Gasteiger partial charge >= 0.3 is 5.97 Å². The zero-order valence-electron chi connectivity index (χ0n) is 17.9. The van der Waals surface area contributed by atoms with Crippen LogP contribution in [0.5, 0.6) is 0 Å². The second kappa shape index (κ2) is 9.43. The van der Waals surface area contributed by atoms with Crippen molar-refractivity contribution < 1.29 is 19.1 Å². The summed E-state index contributed by atoms with van der Waals surface area (Å²) in [5, 5.41) is 7.15. The highest BCUT2D eigenvalue weighted by atomic mass is 16.5. The van der Waals surface area contributed by atoms with Gasteiger partial charge in [0.1, 0.15) is 6.54 Å². The van der Waals surface area contributed by atoms with Crippen molar-refractivity contribution in [2.24, 2.45) is 0 Å². The fourth-order valence-corrected chi connectivity index (χ4v) is 3.03. The number of rotatable bonds is 6. The Morgan fingerprint density at radius 3 is 2.23 bits per heavy atom. The van der Waals surface area contributed by atoms with E-state index in [1.807, 2.05) is 54.6 Å². The van der Waals surface area contributed by atoms with Gasteiger partial charge in [0.2, 0.25) is 0 Å². The summed E-state index contributed by atoms with van der Waals surface area (Å²) < 4.78 is 4.94. The van der Waals surface area contributed by atoms with Crippen LogP contribution in [0.3, 0.4) is 0 Å². The second-order valence-electron chi connectivity index (χ2n) is 8.28. The first-order valence-corrected chi connectivity index (χ1v) is 10.1. The van der Waals surface area contributed by atoms with E-state index in [4.69, 9.17) is 4.74 Å². The number of benzene rings is 3. The minimum absolute atomic E-state index is 0.0232. The number of carbonyl (C=O) groups excluding carboxylic acids is 3. The molecule has 2 amide bonds. The van der Waals surface area contributed by atoms with Crippen molar-refractivity contribution >= 4 is 34.2 Å². The van der Waals surface area contributed by atoms with Crippen LogP contribution in [0.1, 0.15) is 36.7 Å². The first kappa shape index (κ1) is 22.0. The van der Waals surface area contributed by atoms with E-state index in [1.165, 1.54) is 0 Å². The topological polar surface area (TPSA) is 84.5 Å². The Morgan fingerprint density at radius 2 is 1.55 bits per heavy atom. The van der Waals surface area contributed by atoms with Gasteiger partial charge in [-0.15, -0.1) is 0 Å². The third-order valence-corrected chi connectivity index (χ3v) is 4.80. The highest BCUT2D eigenvalue weighted by Gasteiger charge is 2.14. The van der Waals surface area contributed by atoms with E-state index in [0.717, 1.165) is 16.3 Å². The van der Waals surface area contributed by atoms with Gasteiger partial charge in [-0.1, -0.05) is 63.2 Å². The smallest absolute Gasteiger partial charge is 0.325 e. The average molecular weight is 418 g/mol. The SMILES string of the molecule is CC(C)(C)c1ccc(NC(=O)COC(=O)CNC(=O)c2ccc3ccccc3c2)cc1. The maximum Gasteiger partial charge on any atom is 0.325 e. The van der Waals surface area contributed by atoms with Crippen LogP contribution in [0.2, 0.25) is 0 Å². The standard InChI is InChI=1S/C25H26N2O4/c1-25(2,3)20-10-12-21(13-11-20)27-22(28)16-31-23(29)15-26-24(30)19-9-8-17-6-4-5-7-18(17)14-19/h4-14H,15-16H2,1-3H3,(H,26,30)(H,27,28). The summed E-state index contributed by atoms with van der Waals surface area (Å²) in [7, 11) is 0. The molecule has 3 aromatic carbocycles. The molecule has 3 aromatic rings. The number of esters is 1. The molecule has 0 unspecified atom stereocenters. The molecule has 0 heterocycles. The van der Waals surface area contributed by atoms with Gasteiger partial charge in [-0.2, -0.15) is 0 Å². The van der Waals surface area contributed by atoms with Gasteiger partial charge in [-0.05, 0) is 46.0 Å². The molecule has 160 valence electrons. The number of anilines is 1. The molecule has 0 aliphatic carbocycles. The van der Waals surface area contributed by atoms with Crippen LogP contribution in [0.15, 0.2) is 66.7 Å². The average Bonchev–Trinajstić information content (AvgIpc) is 2.75. The molecule has 0 bridgehead atoms. The van der Waals surface area contributed by atoms with Crippen LogP contribution in [-0.2, 0) is 19.7 Å². The Morgan fingerprint density at radius 1 is 0.871 bits per heavy atom. The van der Waals surface area contributed by atoms with E-state index in [-0.39, 0.29) is 17.9 Å². The first-order valence-electron chi connectivity index (χ1n) is 10.1. The van der Waals surface area contributed by atoms with Crippen LogP contribution in [-0.4, -0.2) is 30.9 Å². The molecular weight excluding hydrogens is 392 g/mol. The minimum Gasteiger partial charge on any atom is -0.454 e. The number of fused-ring (bicyclic) bond motifs is 1. The second-order valence-corrected chi connectivity index (χ2v) is 8.28. The van der Waals surface area contributed by atoms with Crippen molar-refractivity contribution in [3.8, 4) is 0 Å². The molecule has 6 nitrogen and oxygen atoms in total. The van der Waals surface area contributed by atoms with E-state index in [0.29, 0.717) is 11.3 Å². The first-order chi connectivity index (χ1) is 14.7. The molecule has 3 rings (SSSR count). The molecule has 0 saturated heterocycles. The number of amides is 2. The van der Waals surface area contributed by atoms with E-state index in [2.05, 4.69) is 31.4 Å². The van der Waals surface area contributed by atoms with Crippen LogP contribution in [0.4, 0.5) is 5.69 Å². The van der Waals surface area contributed by atoms with Crippen molar-refractivity contribution in [2.75, 3.05) is 18.5 Å². The lowest BCUT2D eigenvalue weighted by Crippen LogP contribution is -2.32. The van der Waals surface area contributed by atoms with E-state index in [1.54, 1.807) is 12.1 Å². The quantitative estimate of drug-likeness (QED) is 0.592. The van der Waals surface area contributed by atoms with Gasteiger partial charge in [0.15, 0.2) is 6.61 Å². The van der Waals surface area contributed by atoms with Crippen molar-refractivity contribution in [2.45, 2.75) is 26.2 Å². The summed E-state index contributed by atoms with van der Waals surface area (Å²) in [6, 6.07) is 20.5. The van der Waals surface area contributed by atoms with Crippen LogP contribution in [0.25, 0.3) is 10.8 Å². The Balaban J connectivity index is 1.44. The van der Waals surface area contributed by atoms with E-state index in [9.17, 15) is 14.4 Å². The van der Waals surface area contributed by atoms with Crippen LogP contribution in [0, 0.1) is 0 Å². The summed E-state index contributed by atoms with van der Waals surface area (Å²) in [4.78, 5) is 36.2. The normalized spacial score (nSPS) is 11.1. The molecule has 0 spiro atoms. The zero-order chi connectivity index (χ0) is 22.4. The highest BCUT2D eigenvalue weighted by molar-refractivity contribution is 6.00. The number of nitrogens with one attached hydrogen (secondary N) is 2. The van der Waals surface area contributed by atoms with Crippen LogP contribution >= 0.6 is 0 Å². The Bertz CT molecular complexity index is 1100. The number of carbonyl (C=O) groups is 3. The van der Waals surface area contributed by atoms with Crippen molar-refractivity contribution in [3.63, 3.8) is 0 Å². The summed E-state index contributed by atoms with van der Waals surface area (Å²) in [5.41, 5.74) is 2.25. The molecule has 0 aliphatic heterocycles. The van der Waals surface area contributed by atoms with Gasteiger partial charge in [0.25, 0.3) is 11.8 Å². The fourth-order valence-electron chi connectivity index (χ4n) is 3.03. The molecule has 0 atom stereocenters. The van der Waals surface area contributed by atoms with E-state index < -0.39 is 18.5 Å². The summed E-state index contributed by atoms with van der Waals surface area (Å²) in [6.07, 6.45) is 0. The molecule has 0 aliphatic rings. The largest absolute Gasteiger partial charge is 0.454 e. The maximum atomic E-state index is 12.3. The lowest BCUT2D eigenvalue weighted by Gasteiger charge is -2.19. The van der Waals surface area contributed by atoms with Crippen molar-refractivity contribution in [1.82, 2.24) is 5.32 Å². The molecular formula is C25H26N2O4. The molecule has 0 fully saturated rings. The van der Waals surface area contributed by atoms with Gasteiger partial charge in [-0.3, -0.25) is 14.4 Å². The number of hydrogen-bond donors (Lipinski definition) is 2. The monoisotopic (exact) mass is 418 g/mol. The Labute approximate surface area is 181 Å². The molecule has 6 heteroatoms. The molecule has 0 saturated carbocycles. The fraction of sp³-hybridized carbons (Fsp3) is 0.240.